The van der Waals surface area contributed by atoms with Gasteiger partial charge in [-0.3, -0.25) is 0 Å². The Morgan fingerprint density at radius 3 is 2.89 bits per heavy atom. The molecule has 1 unspecified atom stereocenters. The first-order chi connectivity index (χ1) is 8.97. The van der Waals surface area contributed by atoms with Gasteiger partial charge in [0, 0.05) is 6.42 Å². The van der Waals surface area contributed by atoms with Gasteiger partial charge in [-0.15, -0.1) is 0 Å². The number of rotatable bonds is 6. The Morgan fingerprint density at radius 1 is 1.74 bits per heavy atom. The highest BCUT2D eigenvalue weighted by atomic mass is 32.2. The van der Waals surface area contributed by atoms with Gasteiger partial charge in [0.05, 0.1) is 12.2 Å². The Morgan fingerprint density at radius 2 is 2.42 bits per heavy atom. The van der Waals surface area contributed by atoms with Gasteiger partial charge >= 0.3 is 0 Å². The van der Waals surface area contributed by atoms with Crippen molar-refractivity contribution in [2.75, 3.05) is 0 Å². The van der Waals surface area contributed by atoms with Crippen molar-refractivity contribution in [3.63, 3.8) is 0 Å². The fraction of sp³-hybridized carbons (Fsp3) is 0.600. The number of sulfonamides is 1. The minimum Gasteiger partial charge on any atom is -0.409 e. The molecule has 0 bridgehead atoms. The summed E-state index contributed by atoms with van der Waals surface area (Å²) < 4.78 is 26.7. The molecule has 1 aromatic heterocycles. The highest BCUT2D eigenvalue weighted by Crippen LogP contribution is 2.33. The Labute approximate surface area is 111 Å². The number of aromatic nitrogens is 2. The predicted molar refractivity (Wildman–Crippen MR) is 68.2 cm³/mol. The summed E-state index contributed by atoms with van der Waals surface area (Å²) in [5.41, 5.74) is 5.52. The summed E-state index contributed by atoms with van der Waals surface area (Å²) in [5.74, 6) is 0.549. The van der Waals surface area contributed by atoms with Crippen LogP contribution in [0.1, 0.15) is 25.6 Å². The molecule has 2 rings (SSSR count). The average molecular weight is 287 g/mol. The summed E-state index contributed by atoms with van der Waals surface area (Å²) >= 11 is 0. The number of imidazole rings is 1. The van der Waals surface area contributed by atoms with E-state index in [4.69, 9.17) is 10.9 Å². The van der Waals surface area contributed by atoms with Gasteiger partial charge in [0.25, 0.3) is 10.0 Å². The molecule has 0 aliphatic heterocycles. The molecular formula is C10H17N5O3S. The van der Waals surface area contributed by atoms with Gasteiger partial charge in [-0.2, -0.15) is 4.72 Å². The second-order valence-corrected chi connectivity index (χ2v) is 6.19. The number of nitrogens with two attached hydrogens (primary N) is 1. The van der Waals surface area contributed by atoms with Crippen molar-refractivity contribution in [1.82, 2.24) is 14.7 Å². The van der Waals surface area contributed by atoms with Crippen molar-refractivity contribution in [3.8, 4) is 0 Å². The summed E-state index contributed by atoms with van der Waals surface area (Å²) in [6.07, 6.45) is 3.58. The molecule has 1 saturated carbocycles. The minimum absolute atomic E-state index is 0.0132. The second-order valence-electron chi connectivity index (χ2n) is 4.51. The fourth-order valence-electron chi connectivity index (χ4n) is 1.78. The van der Waals surface area contributed by atoms with E-state index in [1.165, 1.54) is 6.20 Å². The van der Waals surface area contributed by atoms with E-state index in [-0.39, 0.29) is 16.8 Å². The van der Waals surface area contributed by atoms with Crippen LogP contribution in [0.2, 0.25) is 0 Å². The molecule has 1 aromatic rings. The summed E-state index contributed by atoms with van der Waals surface area (Å²) in [4.78, 5) is 6.67. The Bertz CT molecular complexity index is 576. The largest absolute Gasteiger partial charge is 0.409 e. The van der Waals surface area contributed by atoms with Crippen LogP contribution in [-0.2, 0) is 16.4 Å². The van der Waals surface area contributed by atoms with Gasteiger partial charge in [0.2, 0.25) is 0 Å². The van der Waals surface area contributed by atoms with Gasteiger partial charge < -0.3 is 15.9 Å². The van der Waals surface area contributed by atoms with Crippen molar-refractivity contribution in [2.45, 2.75) is 37.3 Å². The van der Waals surface area contributed by atoms with E-state index in [2.05, 4.69) is 19.8 Å². The van der Waals surface area contributed by atoms with Crippen LogP contribution in [-0.4, -0.2) is 35.5 Å². The van der Waals surface area contributed by atoms with Crippen molar-refractivity contribution >= 4 is 15.9 Å². The third-order valence-corrected chi connectivity index (χ3v) is 4.39. The topological polar surface area (TPSA) is 133 Å². The third-order valence-electron chi connectivity index (χ3n) is 3.04. The molecule has 0 radical (unpaired) electrons. The number of aromatic amines is 1. The molecule has 1 heterocycles. The third kappa shape index (κ3) is 3.04. The molecule has 5 N–H and O–H groups in total. The number of H-pyrrole nitrogens is 1. The van der Waals surface area contributed by atoms with Crippen LogP contribution in [0.4, 0.5) is 0 Å². The SMILES string of the molecule is CCc1ncc(S(=O)(=O)NC(C(N)=NO)C2CC2)[nH]1. The van der Waals surface area contributed by atoms with E-state index < -0.39 is 16.1 Å². The maximum Gasteiger partial charge on any atom is 0.258 e. The van der Waals surface area contributed by atoms with Crippen LogP contribution in [0.25, 0.3) is 0 Å². The van der Waals surface area contributed by atoms with E-state index in [0.29, 0.717) is 12.2 Å². The maximum absolute atomic E-state index is 12.1. The minimum atomic E-state index is -3.75. The molecule has 1 fully saturated rings. The maximum atomic E-state index is 12.1. The lowest BCUT2D eigenvalue weighted by Crippen LogP contribution is -2.46. The molecular weight excluding hydrogens is 270 g/mol. The summed E-state index contributed by atoms with van der Waals surface area (Å²) in [5, 5.41) is 11.6. The number of hydrogen-bond donors (Lipinski definition) is 4. The van der Waals surface area contributed by atoms with Crippen LogP contribution in [0, 0.1) is 5.92 Å². The molecule has 0 amide bonds. The molecule has 1 aliphatic carbocycles. The standard InChI is InChI=1S/C10H17N5O3S/c1-2-7-12-5-8(13-7)19(17,18)15-9(6-3-4-6)10(11)14-16/h5-6,9,15-16H,2-4H2,1H3,(H2,11,14)(H,12,13). The quantitative estimate of drug-likeness (QED) is 0.248. The van der Waals surface area contributed by atoms with Crippen LogP contribution in [0.3, 0.4) is 0 Å². The lowest BCUT2D eigenvalue weighted by molar-refractivity contribution is 0.314. The predicted octanol–water partition coefficient (Wildman–Crippen LogP) is -0.225. The first-order valence-electron chi connectivity index (χ1n) is 6.01. The lowest BCUT2D eigenvalue weighted by atomic mass is 10.2. The molecule has 0 spiro atoms. The molecule has 8 nitrogen and oxygen atoms in total. The van der Waals surface area contributed by atoms with Gasteiger partial charge in [0.1, 0.15) is 5.82 Å². The number of nitrogens with one attached hydrogen (secondary N) is 2. The van der Waals surface area contributed by atoms with Crippen LogP contribution >= 0.6 is 0 Å². The van der Waals surface area contributed by atoms with E-state index >= 15 is 0 Å². The zero-order valence-corrected chi connectivity index (χ0v) is 11.3. The summed E-state index contributed by atoms with van der Waals surface area (Å²) in [6.45, 7) is 1.87. The van der Waals surface area contributed by atoms with E-state index in [9.17, 15) is 8.42 Å². The molecule has 106 valence electrons. The monoisotopic (exact) mass is 287 g/mol. The van der Waals surface area contributed by atoms with Gasteiger partial charge in [-0.25, -0.2) is 13.4 Å². The Hall–Kier alpha value is -1.61. The molecule has 1 atom stereocenters. The number of amidine groups is 1. The van der Waals surface area contributed by atoms with Crippen LogP contribution in [0.15, 0.2) is 16.4 Å². The van der Waals surface area contributed by atoms with Crippen LogP contribution in [0.5, 0.6) is 0 Å². The number of aryl methyl sites for hydroxylation is 1. The van der Waals surface area contributed by atoms with Crippen molar-refractivity contribution in [3.05, 3.63) is 12.0 Å². The van der Waals surface area contributed by atoms with E-state index in [1.54, 1.807) is 0 Å². The first kappa shape index (κ1) is 13.8. The molecule has 9 heteroatoms. The fourth-order valence-corrected chi connectivity index (χ4v) is 3.00. The lowest BCUT2D eigenvalue weighted by Gasteiger charge is -2.15. The van der Waals surface area contributed by atoms with Crippen molar-refractivity contribution in [2.24, 2.45) is 16.8 Å². The zero-order chi connectivity index (χ0) is 14.0. The molecule has 0 saturated heterocycles. The number of nitrogens with zero attached hydrogens (tertiary/aromatic N) is 2. The van der Waals surface area contributed by atoms with E-state index in [1.807, 2.05) is 6.92 Å². The summed E-state index contributed by atoms with van der Waals surface area (Å²) in [7, 11) is -3.75. The highest BCUT2D eigenvalue weighted by Gasteiger charge is 2.37. The molecule has 19 heavy (non-hydrogen) atoms. The Balaban J connectivity index is 2.19. The highest BCUT2D eigenvalue weighted by molar-refractivity contribution is 7.89. The first-order valence-corrected chi connectivity index (χ1v) is 7.50. The van der Waals surface area contributed by atoms with Gasteiger partial charge in [-0.05, 0) is 18.8 Å². The second kappa shape index (κ2) is 5.17. The van der Waals surface area contributed by atoms with Gasteiger partial charge in [-0.1, -0.05) is 12.1 Å². The smallest absolute Gasteiger partial charge is 0.258 e. The van der Waals surface area contributed by atoms with Gasteiger partial charge in [0.15, 0.2) is 10.9 Å². The normalized spacial score (nSPS) is 18.5. The summed E-state index contributed by atoms with van der Waals surface area (Å²) in [6, 6.07) is -0.677. The van der Waals surface area contributed by atoms with Crippen molar-refractivity contribution < 1.29 is 13.6 Å². The Kier molecular flexibility index (Phi) is 3.76. The number of hydrogen-bond acceptors (Lipinski definition) is 5. The van der Waals surface area contributed by atoms with Crippen molar-refractivity contribution in [1.29, 1.82) is 0 Å². The average Bonchev–Trinajstić information content (AvgIpc) is 3.11. The van der Waals surface area contributed by atoms with E-state index in [0.717, 1.165) is 12.8 Å². The van der Waals surface area contributed by atoms with Crippen LogP contribution < -0.4 is 10.5 Å². The molecule has 1 aliphatic rings. The zero-order valence-electron chi connectivity index (χ0n) is 10.5. The molecule has 0 aromatic carbocycles. The number of oxime groups is 1.